The lowest BCUT2D eigenvalue weighted by atomic mass is 9.96. The van der Waals surface area contributed by atoms with Crippen molar-refractivity contribution in [3.63, 3.8) is 0 Å². The smallest absolute Gasteiger partial charge is 0.220 e. The lowest BCUT2D eigenvalue weighted by molar-refractivity contribution is -0.379. The van der Waals surface area contributed by atoms with Crippen molar-refractivity contribution in [1.29, 1.82) is 0 Å². The van der Waals surface area contributed by atoms with E-state index in [0.29, 0.717) is 12.8 Å². The Kier molecular flexibility index (Phi) is 19.2. The maximum Gasteiger partial charge on any atom is 0.220 e. The number of hydrogen-bond acceptors (Lipinski definition) is 18. The number of unbranched alkanes of at least 4 members (excludes halogenated alkanes) is 4. The first-order valence-corrected chi connectivity index (χ1v) is 17.9. The van der Waals surface area contributed by atoms with Gasteiger partial charge < -0.3 is 89.9 Å². The molecule has 304 valence electrons. The number of aliphatic hydroxyl groups excluding tert-OH is 11. The highest BCUT2D eigenvalue weighted by atomic mass is 16.8. The van der Waals surface area contributed by atoms with Gasteiger partial charge in [-0.25, -0.2) is 0 Å². The fourth-order valence-electron chi connectivity index (χ4n) is 6.13. The van der Waals surface area contributed by atoms with Crippen molar-refractivity contribution in [3.8, 4) is 0 Å². The van der Waals surface area contributed by atoms with Crippen LogP contribution in [0.2, 0.25) is 0 Å². The van der Waals surface area contributed by atoms with Gasteiger partial charge in [-0.2, -0.15) is 0 Å². The molecule has 52 heavy (non-hydrogen) atoms. The van der Waals surface area contributed by atoms with Crippen LogP contribution in [-0.4, -0.2) is 193 Å². The predicted octanol–water partition coefficient (Wildman–Crippen LogP) is -4.38. The Morgan fingerprint density at radius 3 is 1.73 bits per heavy atom. The van der Waals surface area contributed by atoms with Crippen molar-refractivity contribution >= 4 is 5.91 Å². The number of ether oxygens (including phenoxy) is 6. The first-order valence-electron chi connectivity index (χ1n) is 17.9. The molecule has 0 radical (unpaired) electrons. The Labute approximate surface area is 302 Å². The predicted molar refractivity (Wildman–Crippen MR) is 176 cm³/mol. The Morgan fingerprint density at radius 1 is 0.673 bits per heavy atom. The summed E-state index contributed by atoms with van der Waals surface area (Å²) in [5.41, 5.74) is 0. The molecule has 0 aromatic rings. The van der Waals surface area contributed by atoms with E-state index >= 15 is 0 Å². The Morgan fingerprint density at radius 2 is 1.19 bits per heavy atom. The SMILES string of the molecule is CCC/C=C/C(O)C(COC1OC(CO)C(OC2OC(CO)C(OC3OC(CO)C(O)C(O)C3O)C(O)C2O)C(O)C1O)NC(=O)CCCCCC. The molecule has 0 bridgehead atoms. The summed E-state index contributed by atoms with van der Waals surface area (Å²) in [6.07, 6.45) is -18.2. The molecule has 12 N–H and O–H groups in total. The van der Waals surface area contributed by atoms with Crippen molar-refractivity contribution in [2.45, 2.75) is 163 Å². The van der Waals surface area contributed by atoms with Crippen LogP contribution in [0.25, 0.3) is 0 Å². The molecule has 19 nitrogen and oxygen atoms in total. The molecular formula is C33H59NO18. The third-order valence-electron chi connectivity index (χ3n) is 9.32. The Balaban J connectivity index is 1.66. The average molecular weight is 758 g/mol. The second-order valence-electron chi connectivity index (χ2n) is 13.3. The highest BCUT2D eigenvalue weighted by Crippen LogP contribution is 2.32. The molecule has 0 aromatic heterocycles. The van der Waals surface area contributed by atoms with Gasteiger partial charge in [0.15, 0.2) is 18.9 Å². The maximum absolute atomic E-state index is 12.6. The molecule has 3 heterocycles. The normalized spacial score (nSPS) is 39.8. The van der Waals surface area contributed by atoms with Gasteiger partial charge in [0.1, 0.15) is 73.2 Å². The van der Waals surface area contributed by atoms with E-state index in [0.717, 1.165) is 25.7 Å². The summed E-state index contributed by atoms with van der Waals surface area (Å²) in [5, 5.41) is 117. The van der Waals surface area contributed by atoms with Crippen LogP contribution in [0, 0.1) is 0 Å². The van der Waals surface area contributed by atoms with E-state index in [1.54, 1.807) is 6.08 Å². The van der Waals surface area contributed by atoms with E-state index in [1.807, 2.05) is 6.92 Å². The zero-order valence-corrected chi connectivity index (χ0v) is 29.5. The second-order valence-corrected chi connectivity index (χ2v) is 13.3. The lowest BCUT2D eigenvalue weighted by Gasteiger charge is -2.48. The number of aliphatic hydroxyl groups is 11. The van der Waals surface area contributed by atoms with E-state index in [2.05, 4.69) is 12.2 Å². The van der Waals surface area contributed by atoms with Gasteiger partial charge in [0.25, 0.3) is 0 Å². The molecule has 1 amide bonds. The third-order valence-corrected chi connectivity index (χ3v) is 9.32. The summed E-state index contributed by atoms with van der Waals surface area (Å²) >= 11 is 0. The van der Waals surface area contributed by atoms with Crippen LogP contribution in [-0.2, 0) is 33.2 Å². The molecule has 3 aliphatic rings. The van der Waals surface area contributed by atoms with E-state index in [-0.39, 0.29) is 18.9 Å². The van der Waals surface area contributed by atoms with Crippen LogP contribution in [0.4, 0.5) is 0 Å². The van der Waals surface area contributed by atoms with Crippen LogP contribution in [0.1, 0.15) is 58.8 Å². The topological polar surface area (TPSA) is 307 Å². The van der Waals surface area contributed by atoms with E-state index in [1.165, 1.54) is 6.08 Å². The minimum absolute atomic E-state index is 0.232. The van der Waals surface area contributed by atoms with Crippen molar-refractivity contribution in [3.05, 3.63) is 12.2 Å². The monoisotopic (exact) mass is 757 g/mol. The summed E-state index contributed by atoms with van der Waals surface area (Å²) in [6.45, 7) is 1.24. The molecule has 3 fully saturated rings. The van der Waals surface area contributed by atoms with Gasteiger partial charge in [-0.15, -0.1) is 0 Å². The van der Waals surface area contributed by atoms with Gasteiger partial charge in [-0.05, 0) is 12.8 Å². The summed E-state index contributed by atoms with van der Waals surface area (Å²) in [5.74, 6) is -0.310. The Bertz CT molecular complexity index is 1050. The van der Waals surface area contributed by atoms with E-state index < -0.39 is 124 Å². The summed E-state index contributed by atoms with van der Waals surface area (Å²) in [6, 6.07) is -0.956. The van der Waals surface area contributed by atoms with E-state index in [4.69, 9.17) is 28.4 Å². The molecule has 19 heteroatoms. The minimum Gasteiger partial charge on any atom is -0.394 e. The van der Waals surface area contributed by atoms with Crippen LogP contribution >= 0.6 is 0 Å². The number of hydrogen-bond donors (Lipinski definition) is 12. The highest BCUT2D eigenvalue weighted by Gasteiger charge is 2.53. The Hall–Kier alpha value is -1.47. The quantitative estimate of drug-likeness (QED) is 0.0412. The molecule has 0 aromatic carbocycles. The van der Waals surface area contributed by atoms with Crippen molar-refractivity contribution in [2.24, 2.45) is 0 Å². The largest absolute Gasteiger partial charge is 0.394 e. The first kappa shape index (κ1) is 44.9. The summed E-state index contributed by atoms with van der Waals surface area (Å²) in [7, 11) is 0. The molecule has 17 atom stereocenters. The van der Waals surface area contributed by atoms with Crippen molar-refractivity contribution in [1.82, 2.24) is 5.32 Å². The fraction of sp³-hybridized carbons (Fsp3) is 0.909. The zero-order valence-electron chi connectivity index (χ0n) is 29.5. The zero-order chi connectivity index (χ0) is 38.5. The fourth-order valence-corrected chi connectivity index (χ4v) is 6.13. The molecule has 3 saturated heterocycles. The number of allylic oxidation sites excluding steroid dienone is 1. The average Bonchev–Trinajstić information content (AvgIpc) is 3.13. The molecule has 17 unspecified atom stereocenters. The van der Waals surface area contributed by atoms with Crippen molar-refractivity contribution in [2.75, 3.05) is 26.4 Å². The number of nitrogens with one attached hydrogen (secondary N) is 1. The summed E-state index contributed by atoms with van der Waals surface area (Å²) in [4.78, 5) is 12.6. The number of carbonyl (C=O) groups excluding carboxylic acids is 1. The highest BCUT2D eigenvalue weighted by molar-refractivity contribution is 5.76. The number of rotatable bonds is 20. The summed E-state index contributed by atoms with van der Waals surface area (Å²) < 4.78 is 33.5. The van der Waals surface area contributed by atoms with Gasteiger partial charge in [0.2, 0.25) is 5.91 Å². The van der Waals surface area contributed by atoms with Gasteiger partial charge in [-0.3, -0.25) is 4.79 Å². The first-order chi connectivity index (χ1) is 24.8. The number of carbonyl (C=O) groups is 1. The maximum atomic E-state index is 12.6. The number of amides is 1. The molecule has 0 aliphatic carbocycles. The van der Waals surface area contributed by atoms with Gasteiger partial charge in [-0.1, -0.05) is 51.7 Å². The van der Waals surface area contributed by atoms with Crippen LogP contribution in [0.15, 0.2) is 12.2 Å². The second kappa shape index (κ2) is 22.2. The van der Waals surface area contributed by atoms with Crippen LogP contribution in [0.3, 0.4) is 0 Å². The van der Waals surface area contributed by atoms with E-state index in [9.17, 15) is 61.0 Å². The molecular weight excluding hydrogens is 698 g/mol. The molecule has 3 aliphatic heterocycles. The third kappa shape index (κ3) is 11.8. The molecule has 0 spiro atoms. The molecule has 0 saturated carbocycles. The van der Waals surface area contributed by atoms with Gasteiger partial charge in [0.05, 0.1) is 38.6 Å². The van der Waals surface area contributed by atoms with Crippen LogP contribution < -0.4 is 5.32 Å². The minimum atomic E-state index is -1.97. The molecule has 3 rings (SSSR count). The lowest BCUT2D eigenvalue weighted by Crippen LogP contribution is -2.66. The van der Waals surface area contributed by atoms with Crippen molar-refractivity contribution < 1.29 is 89.4 Å². The standard InChI is InChI=1S/C33H59NO18/c1-3-5-7-9-11-21(39)34-16(17(38)10-8-6-4-2)15-47-31-27(45)24(42)29(19(13-36)49-31)52-33-28(46)25(43)30(20(14-37)50-33)51-32-26(44)23(41)22(40)18(12-35)48-32/h8,10,16-20,22-33,35-38,40-46H,3-7,9,11-15H2,1-2H3,(H,34,39)/b10-8+. The van der Waals surface area contributed by atoms with Gasteiger partial charge in [0, 0.05) is 6.42 Å². The van der Waals surface area contributed by atoms with Crippen LogP contribution in [0.5, 0.6) is 0 Å². The van der Waals surface area contributed by atoms with Gasteiger partial charge >= 0.3 is 0 Å².